The number of benzene rings is 1. The van der Waals surface area contributed by atoms with Gasteiger partial charge in [-0.3, -0.25) is 0 Å². The van der Waals surface area contributed by atoms with Crippen LogP contribution in [0.3, 0.4) is 0 Å². The Morgan fingerprint density at radius 3 is 2.60 bits per heavy atom. The average Bonchev–Trinajstić information content (AvgIpc) is 2.30. The van der Waals surface area contributed by atoms with Crippen LogP contribution in [0.2, 0.25) is 0 Å². The van der Waals surface area contributed by atoms with Crippen LogP contribution in [-0.2, 0) is 0 Å². The molecule has 0 bridgehead atoms. The van der Waals surface area contributed by atoms with Crippen molar-refractivity contribution in [1.82, 2.24) is 0 Å². The summed E-state index contributed by atoms with van der Waals surface area (Å²) in [6, 6.07) is 9.67. The highest BCUT2D eigenvalue weighted by Crippen LogP contribution is 2.13. The third-order valence-corrected chi connectivity index (χ3v) is 2.18. The zero-order valence-electron chi connectivity index (χ0n) is 8.93. The van der Waals surface area contributed by atoms with Crippen molar-refractivity contribution in [1.29, 1.82) is 0 Å². The summed E-state index contributed by atoms with van der Waals surface area (Å²) in [6.07, 6.45) is 2.08. The van der Waals surface area contributed by atoms with E-state index in [1.54, 1.807) is 4.90 Å². The summed E-state index contributed by atoms with van der Waals surface area (Å²) < 4.78 is 0. The molecule has 1 rings (SSSR count). The van der Waals surface area contributed by atoms with Crippen molar-refractivity contribution in [3.63, 3.8) is 0 Å². The SMILES string of the molecule is CCCCN(C(N)=NO)c1ccccc1. The molecule has 0 fully saturated rings. The fourth-order valence-corrected chi connectivity index (χ4v) is 1.35. The van der Waals surface area contributed by atoms with Crippen molar-refractivity contribution < 1.29 is 5.21 Å². The van der Waals surface area contributed by atoms with E-state index in [9.17, 15) is 0 Å². The number of hydrogen-bond acceptors (Lipinski definition) is 2. The van der Waals surface area contributed by atoms with Crippen molar-refractivity contribution in [2.75, 3.05) is 11.4 Å². The lowest BCUT2D eigenvalue weighted by atomic mass is 10.2. The van der Waals surface area contributed by atoms with Crippen molar-refractivity contribution in [2.24, 2.45) is 10.9 Å². The molecule has 1 aromatic carbocycles. The van der Waals surface area contributed by atoms with Gasteiger partial charge in [0.2, 0.25) is 5.96 Å². The summed E-state index contributed by atoms with van der Waals surface area (Å²) in [5.74, 6) is 0.134. The standard InChI is InChI=1S/C11H17N3O/c1-2-3-9-14(11(12)13-15)10-7-5-4-6-8-10/h4-8,15H,2-3,9H2,1H3,(H2,12,13). The molecule has 3 N–H and O–H groups in total. The molecule has 0 aromatic heterocycles. The molecule has 0 spiro atoms. The molecule has 0 amide bonds. The fourth-order valence-electron chi connectivity index (χ4n) is 1.35. The quantitative estimate of drug-likeness (QED) is 0.343. The Morgan fingerprint density at radius 1 is 1.40 bits per heavy atom. The molecule has 4 heteroatoms. The molecule has 0 radical (unpaired) electrons. The second-order valence-corrected chi connectivity index (χ2v) is 3.30. The smallest absolute Gasteiger partial charge is 0.237 e. The van der Waals surface area contributed by atoms with Crippen LogP contribution in [0.15, 0.2) is 35.5 Å². The number of rotatable bonds is 4. The summed E-state index contributed by atoms with van der Waals surface area (Å²) in [6.45, 7) is 2.87. The third kappa shape index (κ3) is 3.16. The van der Waals surface area contributed by atoms with Crippen LogP contribution in [0.5, 0.6) is 0 Å². The van der Waals surface area contributed by atoms with E-state index < -0.39 is 0 Å². The van der Waals surface area contributed by atoms with Crippen LogP contribution < -0.4 is 10.6 Å². The predicted molar refractivity (Wildman–Crippen MR) is 62.1 cm³/mol. The van der Waals surface area contributed by atoms with Gasteiger partial charge in [0, 0.05) is 12.2 Å². The van der Waals surface area contributed by atoms with Gasteiger partial charge in [0.15, 0.2) is 0 Å². The van der Waals surface area contributed by atoms with Gasteiger partial charge in [-0.05, 0) is 18.6 Å². The van der Waals surface area contributed by atoms with Crippen LogP contribution in [-0.4, -0.2) is 17.7 Å². The molecule has 0 aliphatic heterocycles. The summed E-state index contributed by atoms with van der Waals surface area (Å²) in [4.78, 5) is 1.80. The lowest BCUT2D eigenvalue weighted by Gasteiger charge is -2.22. The highest BCUT2D eigenvalue weighted by molar-refractivity contribution is 5.94. The number of nitrogens with two attached hydrogens (primary N) is 1. The molecule has 0 unspecified atom stereocenters. The minimum atomic E-state index is 0.134. The molecule has 0 aliphatic carbocycles. The largest absolute Gasteiger partial charge is 0.408 e. The first-order chi connectivity index (χ1) is 7.29. The molecule has 0 aliphatic rings. The first-order valence-corrected chi connectivity index (χ1v) is 5.09. The molecule has 15 heavy (non-hydrogen) atoms. The molecular formula is C11H17N3O. The predicted octanol–water partition coefficient (Wildman–Crippen LogP) is 2.00. The number of anilines is 1. The maximum absolute atomic E-state index is 8.69. The number of nitrogens with zero attached hydrogens (tertiary/aromatic N) is 2. The lowest BCUT2D eigenvalue weighted by Crippen LogP contribution is -2.38. The molecule has 0 heterocycles. The Bertz CT molecular complexity index is 311. The van der Waals surface area contributed by atoms with Gasteiger partial charge in [-0.15, -0.1) is 0 Å². The topological polar surface area (TPSA) is 61.8 Å². The third-order valence-electron chi connectivity index (χ3n) is 2.18. The van der Waals surface area contributed by atoms with Gasteiger partial charge in [-0.25, -0.2) is 0 Å². The minimum Gasteiger partial charge on any atom is -0.408 e. The number of unbranched alkanes of at least 4 members (excludes halogenated alkanes) is 1. The molecule has 0 saturated carbocycles. The highest BCUT2D eigenvalue weighted by Gasteiger charge is 2.09. The van der Waals surface area contributed by atoms with Gasteiger partial charge in [-0.1, -0.05) is 36.7 Å². The van der Waals surface area contributed by atoms with Crippen LogP contribution in [0.1, 0.15) is 19.8 Å². The van der Waals surface area contributed by atoms with E-state index in [4.69, 9.17) is 10.9 Å². The van der Waals surface area contributed by atoms with Crippen LogP contribution in [0.4, 0.5) is 5.69 Å². The van der Waals surface area contributed by atoms with E-state index in [-0.39, 0.29) is 5.96 Å². The van der Waals surface area contributed by atoms with Crippen LogP contribution in [0.25, 0.3) is 0 Å². The molecule has 1 aromatic rings. The van der Waals surface area contributed by atoms with Crippen LogP contribution >= 0.6 is 0 Å². The maximum atomic E-state index is 8.69. The Labute approximate surface area is 90.0 Å². The fraction of sp³-hybridized carbons (Fsp3) is 0.364. The number of guanidine groups is 1. The highest BCUT2D eigenvalue weighted by atomic mass is 16.4. The van der Waals surface area contributed by atoms with E-state index in [1.165, 1.54) is 0 Å². The molecule has 4 nitrogen and oxygen atoms in total. The van der Waals surface area contributed by atoms with Gasteiger partial charge in [0.1, 0.15) is 0 Å². The van der Waals surface area contributed by atoms with Crippen molar-refractivity contribution in [2.45, 2.75) is 19.8 Å². The minimum absolute atomic E-state index is 0.134. The molecular weight excluding hydrogens is 190 g/mol. The Kier molecular flexibility index (Phi) is 4.47. The Morgan fingerprint density at radius 2 is 2.07 bits per heavy atom. The summed E-state index contributed by atoms with van der Waals surface area (Å²) in [5.41, 5.74) is 6.56. The van der Waals surface area contributed by atoms with E-state index in [2.05, 4.69) is 12.1 Å². The summed E-state index contributed by atoms with van der Waals surface area (Å²) in [5, 5.41) is 11.7. The van der Waals surface area contributed by atoms with E-state index in [0.717, 1.165) is 25.1 Å². The summed E-state index contributed by atoms with van der Waals surface area (Å²) >= 11 is 0. The van der Waals surface area contributed by atoms with E-state index in [1.807, 2.05) is 30.3 Å². The maximum Gasteiger partial charge on any atom is 0.237 e. The van der Waals surface area contributed by atoms with Gasteiger partial charge in [0.25, 0.3) is 0 Å². The van der Waals surface area contributed by atoms with Crippen molar-refractivity contribution in [3.8, 4) is 0 Å². The van der Waals surface area contributed by atoms with E-state index >= 15 is 0 Å². The van der Waals surface area contributed by atoms with Gasteiger partial charge in [-0.2, -0.15) is 0 Å². The van der Waals surface area contributed by atoms with Crippen molar-refractivity contribution >= 4 is 11.6 Å². The second-order valence-electron chi connectivity index (χ2n) is 3.30. The van der Waals surface area contributed by atoms with E-state index in [0.29, 0.717) is 0 Å². The van der Waals surface area contributed by atoms with Crippen molar-refractivity contribution in [3.05, 3.63) is 30.3 Å². The Hall–Kier alpha value is -1.71. The second kappa shape index (κ2) is 5.90. The van der Waals surface area contributed by atoms with Gasteiger partial charge < -0.3 is 15.8 Å². The molecule has 0 atom stereocenters. The Balaban J connectivity index is 2.81. The number of para-hydroxylation sites is 1. The van der Waals surface area contributed by atoms with Crippen LogP contribution in [0, 0.1) is 0 Å². The summed E-state index contributed by atoms with van der Waals surface area (Å²) in [7, 11) is 0. The molecule has 0 saturated heterocycles. The normalized spacial score (nSPS) is 11.4. The van der Waals surface area contributed by atoms with Gasteiger partial charge >= 0.3 is 0 Å². The first-order valence-electron chi connectivity index (χ1n) is 5.09. The first kappa shape index (κ1) is 11.4. The number of hydrogen-bond donors (Lipinski definition) is 2. The lowest BCUT2D eigenvalue weighted by molar-refractivity contribution is 0.317. The zero-order chi connectivity index (χ0) is 11.1. The monoisotopic (exact) mass is 207 g/mol. The van der Waals surface area contributed by atoms with Gasteiger partial charge in [0.05, 0.1) is 0 Å². The average molecular weight is 207 g/mol. The number of oxime groups is 1. The molecule has 82 valence electrons. The zero-order valence-corrected chi connectivity index (χ0v) is 8.93.